The molecule has 2 amide bonds. The molecule has 0 bridgehead atoms. The molecule has 3 aromatic rings. The van der Waals surface area contributed by atoms with Gasteiger partial charge in [-0.25, -0.2) is 4.90 Å². The van der Waals surface area contributed by atoms with E-state index in [-0.39, 0.29) is 24.3 Å². The van der Waals surface area contributed by atoms with Crippen LogP contribution in [0.15, 0.2) is 48.5 Å². The maximum atomic E-state index is 12.8. The first kappa shape index (κ1) is 19.2. The van der Waals surface area contributed by atoms with E-state index in [1.807, 2.05) is 19.2 Å². The Labute approximate surface area is 169 Å². The lowest BCUT2D eigenvalue weighted by atomic mass is 10.1. The number of aryl methyl sites for hydroxylation is 1. The summed E-state index contributed by atoms with van der Waals surface area (Å²) < 4.78 is 5.57. The Hall–Kier alpha value is -3.12. The molecule has 0 saturated carbocycles. The number of H-pyrrole nitrogens is 1. The number of hydrogen-bond acceptors (Lipinski definition) is 3. The van der Waals surface area contributed by atoms with Crippen LogP contribution in [0.3, 0.4) is 0 Å². The van der Waals surface area contributed by atoms with Crippen molar-refractivity contribution in [3.8, 4) is 5.75 Å². The molecule has 4 rings (SSSR count). The van der Waals surface area contributed by atoms with Crippen LogP contribution in [0.2, 0.25) is 0 Å². The Kier molecular flexibility index (Phi) is 5.36. The van der Waals surface area contributed by atoms with Gasteiger partial charge in [0.2, 0.25) is 5.91 Å². The molecule has 0 radical (unpaired) electrons. The van der Waals surface area contributed by atoms with Gasteiger partial charge in [0, 0.05) is 22.2 Å². The van der Waals surface area contributed by atoms with E-state index in [0.29, 0.717) is 18.8 Å². The second-order valence-electron chi connectivity index (χ2n) is 7.53. The predicted molar refractivity (Wildman–Crippen MR) is 112 cm³/mol. The van der Waals surface area contributed by atoms with Crippen LogP contribution in [0.5, 0.6) is 5.75 Å². The summed E-state index contributed by atoms with van der Waals surface area (Å²) in [4.78, 5) is 29.9. The van der Waals surface area contributed by atoms with Crippen molar-refractivity contribution in [2.24, 2.45) is 0 Å². The molecule has 1 aromatic heterocycles. The third-order valence-corrected chi connectivity index (χ3v) is 5.21. The minimum Gasteiger partial charge on any atom is -0.494 e. The Balaban J connectivity index is 1.41. The highest BCUT2D eigenvalue weighted by Gasteiger charge is 2.42. The number of nitrogens with two attached hydrogens (primary N) is 1. The summed E-state index contributed by atoms with van der Waals surface area (Å²) in [6.45, 7) is 5.38. The summed E-state index contributed by atoms with van der Waals surface area (Å²) >= 11 is 0. The molecule has 1 atom stereocenters. The molecule has 6 nitrogen and oxygen atoms in total. The standard InChI is InChI=1S/C23H25N3O3/c1-3-10-29-19-7-5-18(6-8-19)26-22(27)13-21(23(26)28)24-14-16-4-9-20-17(12-16)11-15(2)25-20/h4-9,11-12,21,24-25H,3,10,13-14H2,1-2H3/p+1/t21-/m0/s1. The number of carbonyl (C=O) groups is 2. The van der Waals surface area contributed by atoms with Gasteiger partial charge >= 0.3 is 0 Å². The highest BCUT2D eigenvalue weighted by atomic mass is 16.5. The van der Waals surface area contributed by atoms with Crippen LogP contribution >= 0.6 is 0 Å². The Bertz CT molecular complexity index is 1040. The number of hydrogen-bond donors (Lipinski definition) is 2. The van der Waals surface area contributed by atoms with Crippen LogP contribution < -0.4 is 15.0 Å². The molecule has 0 aliphatic carbocycles. The fourth-order valence-corrected chi connectivity index (χ4v) is 3.75. The Morgan fingerprint density at radius 3 is 2.69 bits per heavy atom. The zero-order valence-corrected chi connectivity index (χ0v) is 16.8. The molecular formula is C23H26N3O3+. The van der Waals surface area contributed by atoms with Crippen LogP contribution in [0, 0.1) is 6.92 Å². The molecule has 1 fully saturated rings. The zero-order valence-electron chi connectivity index (χ0n) is 16.8. The van der Waals surface area contributed by atoms with Crippen molar-refractivity contribution in [3.63, 3.8) is 0 Å². The van der Waals surface area contributed by atoms with Crippen LogP contribution in [0.1, 0.15) is 31.0 Å². The number of anilines is 1. The topological polar surface area (TPSA) is 79.0 Å². The van der Waals surface area contributed by atoms with Crippen molar-refractivity contribution < 1.29 is 19.6 Å². The number of fused-ring (bicyclic) bond motifs is 1. The van der Waals surface area contributed by atoms with E-state index < -0.39 is 0 Å². The Morgan fingerprint density at radius 1 is 1.14 bits per heavy atom. The summed E-state index contributed by atoms with van der Waals surface area (Å²) in [6, 6.07) is 15.1. The van der Waals surface area contributed by atoms with Crippen molar-refractivity contribution in [2.75, 3.05) is 11.5 Å². The normalized spacial score (nSPS) is 16.8. The minimum atomic E-state index is -0.387. The highest BCUT2D eigenvalue weighted by molar-refractivity contribution is 6.21. The summed E-state index contributed by atoms with van der Waals surface area (Å²) in [5, 5.41) is 3.12. The average molecular weight is 392 g/mol. The third-order valence-electron chi connectivity index (χ3n) is 5.21. The molecule has 1 aliphatic rings. The van der Waals surface area contributed by atoms with Gasteiger partial charge in [-0.15, -0.1) is 0 Å². The summed E-state index contributed by atoms with van der Waals surface area (Å²) in [5.74, 6) is 0.430. The molecule has 150 valence electrons. The fourth-order valence-electron chi connectivity index (χ4n) is 3.75. The van der Waals surface area contributed by atoms with Gasteiger partial charge < -0.3 is 15.0 Å². The molecule has 2 heterocycles. The second kappa shape index (κ2) is 8.09. The average Bonchev–Trinajstić information content (AvgIpc) is 3.22. The molecule has 0 unspecified atom stereocenters. The van der Waals surface area contributed by atoms with E-state index in [4.69, 9.17) is 4.74 Å². The molecular weight excluding hydrogens is 366 g/mol. The van der Waals surface area contributed by atoms with Gasteiger partial charge in [0.15, 0.2) is 6.04 Å². The quantitative estimate of drug-likeness (QED) is 0.607. The van der Waals surface area contributed by atoms with E-state index >= 15 is 0 Å². The third kappa shape index (κ3) is 4.03. The number of imide groups is 1. The van der Waals surface area contributed by atoms with Crippen molar-refractivity contribution in [1.29, 1.82) is 0 Å². The molecule has 6 heteroatoms. The first-order valence-corrected chi connectivity index (χ1v) is 10.1. The first-order valence-electron chi connectivity index (χ1n) is 10.1. The van der Waals surface area contributed by atoms with Gasteiger partial charge in [0.05, 0.1) is 18.7 Å². The lowest BCUT2D eigenvalue weighted by Gasteiger charge is -2.15. The molecule has 2 aromatic carbocycles. The van der Waals surface area contributed by atoms with Gasteiger partial charge in [-0.05, 0) is 55.8 Å². The molecule has 1 saturated heterocycles. The smallest absolute Gasteiger partial charge is 0.292 e. The van der Waals surface area contributed by atoms with Gasteiger partial charge in [-0.3, -0.25) is 9.59 Å². The Morgan fingerprint density at radius 2 is 1.93 bits per heavy atom. The first-order chi connectivity index (χ1) is 14.0. The van der Waals surface area contributed by atoms with Gasteiger partial charge in [-0.2, -0.15) is 0 Å². The lowest BCUT2D eigenvalue weighted by Crippen LogP contribution is -2.90. The van der Waals surface area contributed by atoms with Crippen LogP contribution in [-0.2, 0) is 16.1 Å². The number of amides is 2. The van der Waals surface area contributed by atoms with Crippen molar-refractivity contribution in [1.82, 2.24) is 4.98 Å². The summed E-state index contributed by atoms with van der Waals surface area (Å²) in [5.41, 5.74) is 3.96. The molecule has 29 heavy (non-hydrogen) atoms. The predicted octanol–water partition coefficient (Wildman–Crippen LogP) is 2.66. The number of rotatable bonds is 7. The second-order valence-corrected chi connectivity index (χ2v) is 7.53. The lowest BCUT2D eigenvalue weighted by molar-refractivity contribution is -0.690. The van der Waals surface area contributed by atoms with Crippen LogP contribution in [0.25, 0.3) is 10.9 Å². The highest BCUT2D eigenvalue weighted by Crippen LogP contribution is 2.24. The summed E-state index contributed by atoms with van der Waals surface area (Å²) in [7, 11) is 0. The zero-order chi connectivity index (χ0) is 20.4. The largest absolute Gasteiger partial charge is 0.494 e. The number of ether oxygens (including phenoxy) is 1. The molecule has 3 N–H and O–H groups in total. The van der Waals surface area contributed by atoms with Gasteiger partial charge in [-0.1, -0.05) is 13.0 Å². The van der Waals surface area contributed by atoms with Crippen molar-refractivity contribution in [3.05, 3.63) is 59.8 Å². The van der Waals surface area contributed by atoms with E-state index in [1.54, 1.807) is 24.3 Å². The number of nitrogens with zero attached hydrogens (tertiary/aromatic N) is 1. The summed E-state index contributed by atoms with van der Waals surface area (Å²) in [6.07, 6.45) is 1.15. The van der Waals surface area contributed by atoms with E-state index in [2.05, 4.69) is 29.2 Å². The molecule has 1 aliphatic heterocycles. The van der Waals surface area contributed by atoms with E-state index in [1.165, 1.54) is 4.90 Å². The van der Waals surface area contributed by atoms with Crippen LogP contribution in [-0.4, -0.2) is 29.4 Å². The van der Waals surface area contributed by atoms with Crippen molar-refractivity contribution in [2.45, 2.75) is 39.3 Å². The monoisotopic (exact) mass is 392 g/mol. The van der Waals surface area contributed by atoms with Crippen LogP contribution in [0.4, 0.5) is 5.69 Å². The number of quaternary nitrogens is 1. The number of nitrogens with one attached hydrogen (secondary N) is 1. The number of aromatic nitrogens is 1. The number of benzene rings is 2. The van der Waals surface area contributed by atoms with E-state index in [0.717, 1.165) is 34.3 Å². The number of aromatic amines is 1. The van der Waals surface area contributed by atoms with Crippen molar-refractivity contribution >= 4 is 28.4 Å². The SMILES string of the molecule is CCCOc1ccc(N2C(=O)C[C@H]([NH2+]Cc3ccc4[nH]c(C)cc4c3)C2=O)cc1. The maximum Gasteiger partial charge on any atom is 0.292 e. The maximum absolute atomic E-state index is 12.8. The van der Waals surface area contributed by atoms with Gasteiger partial charge in [0.1, 0.15) is 12.3 Å². The minimum absolute atomic E-state index is 0.157. The molecule has 0 spiro atoms. The number of carbonyl (C=O) groups excluding carboxylic acids is 2. The van der Waals surface area contributed by atoms with E-state index in [9.17, 15) is 9.59 Å². The van der Waals surface area contributed by atoms with Gasteiger partial charge in [0.25, 0.3) is 5.91 Å². The fraction of sp³-hybridized carbons (Fsp3) is 0.304.